The van der Waals surface area contributed by atoms with Crippen LogP contribution < -0.4 is 0 Å². The monoisotopic (exact) mass is 404 g/mol. The average molecular weight is 404 g/mol. The van der Waals surface area contributed by atoms with Crippen molar-refractivity contribution in [2.24, 2.45) is 5.92 Å². The summed E-state index contributed by atoms with van der Waals surface area (Å²) < 4.78 is 28.8. The highest BCUT2D eigenvalue weighted by Gasteiger charge is 2.39. The van der Waals surface area contributed by atoms with Gasteiger partial charge in [-0.25, -0.2) is 8.78 Å². The summed E-state index contributed by atoms with van der Waals surface area (Å²) in [5.74, 6) is -2.56. The van der Waals surface area contributed by atoms with Gasteiger partial charge in [-0.15, -0.1) is 0 Å². The highest BCUT2D eigenvalue weighted by molar-refractivity contribution is 5.87. The molecule has 5 rings (SSSR count). The summed E-state index contributed by atoms with van der Waals surface area (Å²) in [4.78, 5) is 9.25. The van der Waals surface area contributed by atoms with Gasteiger partial charge in [-0.3, -0.25) is 14.6 Å². The first-order valence-corrected chi connectivity index (χ1v) is 10.2. The lowest BCUT2D eigenvalue weighted by atomic mass is 10.00. The van der Waals surface area contributed by atoms with Gasteiger partial charge in [0.05, 0.1) is 17.4 Å². The van der Waals surface area contributed by atoms with Gasteiger partial charge in [0.15, 0.2) is 0 Å². The Morgan fingerprint density at radius 1 is 1.13 bits per heavy atom. The summed E-state index contributed by atoms with van der Waals surface area (Å²) in [7, 11) is 0. The first-order valence-electron chi connectivity index (χ1n) is 10.2. The van der Waals surface area contributed by atoms with Crippen molar-refractivity contribution in [3.05, 3.63) is 66.7 Å². The van der Waals surface area contributed by atoms with Crippen LogP contribution in [0.1, 0.15) is 25.0 Å². The molecule has 30 heavy (non-hydrogen) atoms. The van der Waals surface area contributed by atoms with E-state index >= 15 is 0 Å². The molecule has 0 unspecified atom stereocenters. The molecule has 4 aromatic rings. The molecule has 1 aliphatic rings. The molecule has 1 fully saturated rings. The third-order valence-corrected chi connectivity index (χ3v) is 5.81. The molecule has 0 aliphatic heterocycles. The Morgan fingerprint density at radius 3 is 2.87 bits per heavy atom. The number of hydrogen-bond acceptors (Lipinski definition) is 3. The minimum atomic E-state index is -2.53. The zero-order valence-corrected chi connectivity index (χ0v) is 16.7. The van der Waals surface area contributed by atoms with E-state index < -0.39 is 5.92 Å². The Labute approximate surface area is 173 Å². The van der Waals surface area contributed by atoms with Gasteiger partial charge in [0, 0.05) is 59.6 Å². The minimum Gasteiger partial charge on any atom is -0.272 e. The second-order valence-corrected chi connectivity index (χ2v) is 8.18. The molecular formula is C24H22F2N4. The van der Waals surface area contributed by atoms with Gasteiger partial charge < -0.3 is 0 Å². The summed E-state index contributed by atoms with van der Waals surface area (Å²) in [6.07, 6.45) is 5.99. The molecule has 1 aromatic carbocycles. The number of halogens is 2. The van der Waals surface area contributed by atoms with E-state index in [0.29, 0.717) is 13.0 Å². The maximum atomic E-state index is 13.5. The first-order chi connectivity index (χ1) is 14.5. The zero-order valence-electron chi connectivity index (χ0n) is 16.7. The molecule has 0 radical (unpaired) electrons. The lowest BCUT2D eigenvalue weighted by molar-refractivity contribution is 0.00423. The average Bonchev–Trinajstić information content (AvgIpc) is 3.33. The van der Waals surface area contributed by atoms with Crippen molar-refractivity contribution in [2.45, 2.75) is 38.7 Å². The van der Waals surface area contributed by atoms with Crippen molar-refractivity contribution in [1.82, 2.24) is 19.7 Å². The van der Waals surface area contributed by atoms with Gasteiger partial charge in [0.2, 0.25) is 5.92 Å². The highest BCUT2D eigenvalue weighted by atomic mass is 19.3. The van der Waals surface area contributed by atoms with E-state index in [1.54, 1.807) is 17.1 Å². The van der Waals surface area contributed by atoms with Crippen molar-refractivity contribution in [3.8, 4) is 22.4 Å². The van der Waals surface area contributed by atoms with Crippen LogP contribution in [0.25, 0.3) is 33.3 Å². The van der Waals surface area contributed by atoms with Gasteiger partial charge in [-0.05, 0) is 37.5 Å². The van der Waals surface area contributed by atoms with Gasteiger partial charge in [0.25, 0.3) is 0 Å². The van der Waals surface area contributed by atoms with E-state index in [2.05, 4.69) is 22.2 Å². The molecule has 0 amide bonds. The smallest absolute Gasteiger partial charge is 0.248 e. The van der Waals surface area contributed by atoms with Crippen LogP contribution in [0.3, 0.4) is 0 Å². The molecule has 152 valence electrons. The molecule has 1 aliphatic carbocycles. The van der Waals surface area contributed by atoms with Crippen LogP contribution in [0.4, 0.5) is 8.78 Å². The largest absolute Gasteiger partial charge is 0.272 e. The summed E-state index contributed by atoms with van der Waals surface area (Å²) in [5, 5.41) is 5.52. The topological polar surface area (TPSA) is 43.6 Å². The summed E-state index contributed by atoms with van der Waals surface area (Å²) >= 11 is 0. The molecule has 4 nitrogen and oxygen atoms in total. The van der Waals surface area contributed by atoms with E-state index in [4.69, 9.17) is 4.98 Å². The number of nitrogens with zero attached hydrogens (tertiary/aromatic N) is 4. The first kappa shape index (κ1) is 18.9. The number of rotatable bonds is 4. The molecular weight excluding hydrogens is 382 g/mol. The Bertz CT molecular complexity index is 1210. The Morgan fingerprint density at radius 2 is 2.03 bits per heavy atom. The second kappa shape index (κ2) is 7.27. The second-order valence-electron chi connectivity index (χ2n) is 8.18. The standard InChI is InChI=1S/C24H22F2N4/c1-16-4-7-21(20-13-28-30(15-20)14-17-8-9-24(25,26)12-17)23(29-16)19-6-5-18-3-2-10-27-22(18)11-19/h2-7,10-11,13,15,17H,8-9,12,14H2,1H3/t17-/m1/s1. The fourth-order valence-corrected chi connectivity index (χ4v) is 4.29. The minimum absolute atomic E-state index is 0.0200. The number of aromatic nitrogens is 4. The van der Waals surface area contributed by atoms with Crippen LogP contribution in [0, 0.1) is 12.8 Å². The third kappa shape index (κ3) is 3.70. The SMILES string of the molecule is Cc1ccc(-c2cnn(C[C@@H]3CCC(F)(F)C3)c2)c(-c2ccc3cccnc3c2)n1. The number of fused-ring (bicyclic) bond motifs is 1. The van der Waals surface area contributed by atoms with E-state index in [1.807, 2.05) is 43.5 Å². The summed E-state index contributed by atoms with van der Waals surface area (Å²) in [6, 6.07) is 14.1. The number of hydrogen-bond donors (Lipinski definition) is 0. The van der Waals surface area contributed by atoms with Crippen molar-refractivity contribution >= 4 is 10.9 Å². The molecule has 0 N–H and O–H groups in total. The quantitative estimate of drug-likeness (QED) is 0.425. The van der Waals surface area contributed by atoms with Crippen LogP contribution >= 0.6 is 0 Å². The Hall–Kier alpha value is -3.15. The normalized spacial score (nSPS) is 18.2. The fraction of sp³-hybridized carbons (Fsp3) is 0.292. The maximum Gasteiger partial charge on any atom is 0.248 e. The van der Waals surface area contributed by atoms with Crippen molar-refractivity contribution in [2.75, 3.05) is 0 Å². The van der Waals surface area contributed by atoms with E-state index in [9.17, 15) is 8.78 Å². The number of aryl methyl sites for hydroxylation is 1. The molecule has 0 spiro atoms. The third-order valence-electron chi connectivity index (χ3n) is 5.81. The lowest BCUT2D eigenvalue weighted by Gasteiger charge is -2.11. The Balaban J connectivity index is 1.49. The van der Waals surface area contributed by atoms with Gasteiger partial charge >= 0.3 is 0 Å². The van der Waals surface area contributed by atoms with Crippen molar-refractivity contribution < 1.29 is 8.78 Å². The number of alkyl halides is 2. The van der Waals surface area contributed by atoms with E-state index in [-0.39, 0.29) is 18.8 Å². The zero-order chi connectivity index (χ0) is 20.7. The van der Waals surface area contributed by atoms with Gasteiger partial charge in [0.1, 0.15) is 0 Å². The predicted molar refractivity (Wildman–Crippen MR) is 113 cm³/mol. The van der Waals surface area contributed by atoms with E-state index in [0.717, 1.165) is 39.0 Å². The van der Waals surface area contributed by atoms with Crippen LogP contribution in [0.15, 0.2) is 61.1 Å². The number of pyridine rings is 2. The summed E-state index contributed by atoms with van der Waals surface area (Å²) in [6.45, 7) is 2.49. The molecule has 0 saturated heterocycles. The van der Waals surface area contributed by atoms with Crippen LogP contribution in [-0.4, -0.2) is 25.7 Å². The highest BCUT2D eigenvalue weighted by Crippen LogP contribution is 2.39. The summed E-state index contributed by atoms with van der Waals surface area (Å²) in [5.41, 5.74) is 5.61. The van der Waals surface area contributed by atoms with Crippen LogP contribution in [0.5, 0.6) is 0 Å². The molecule has 0 bridgehead atoms. The van der Waals surface area contributed by atoms with Gasteiger partial charge in [-0.2, -0.15) is 5.10 Å². The Kier molecular flexibility index (Phi) is 4.57. The molecule has 1 saturated carbocycles. The lowest BCUT2D eigenvalue weighted by Crippen LogP contribution is -2.13. The number of benzene rings is 1. The predicted octanol–water partition coefficient (Wildman–Crippen LogP) is 5.90. The van der Waals surface area contributed by atoms with Crippen LogP contribution in [0.2, 0.25) is 0 Å². The van der Waals surface area contributed by atoms with Crippen molar-refractivity contribution in [1.29, 1.82) is 0 Å². The van der Waals surface area contributed by atoms with Crippen molar-refractivity contribution in [3.63, 3.8) is 0 Å². The van der Waals surface area contributed by atoms with E-state index in [1.165, 1.54) is 0 Å². The fourth-order valence-electron chi connectivity index (χ4n) is 4.29. The van der Waals surface area contributed by atoms with Gasteiger partial charge in [-0.1, -0.05) is 24.3 Å². The molecule has 3 heterocycles. The molecule has 1 atom stereocenters. The molecule has 6 heteroatoms. The maximum absolute atomic E-state index is 13.5. The molecule has 3 aromatic heterocycles. The van der Waals surface area contributed by atoms with Crippen LogP contribution in [-0.2, 0) is 6.54 Å².